The molecule has 21 heavy (non-hydrogen) atoms. The Morgan fingerprint density at radius 3 is 2.00 bits per heavy atom. The van der Waals surface area contributed by atoms with Crippen LogP contribution in [0.4, 0.5) is 11.4 Å². The zero-order valence-corrected chi connectivity index (χ0v) is 11.8. The summed E-state index contributed by atoms with van der Waals surface area (Å²) in [6, 6.07) is 15.8. The van der Waals surface area contributed by atoms with E-state index in [-0.39, 0.29) is 5.91 Å². The van der Waals surface area contributed by atoms with Gasteiger partial charge in [-0.1, -0.05) is 35.9 Å². The first-order valence-electron chi connectivity index (χ1n) is 6.24. The van der Waals surface area contributed by atoms with Crippen LogP contribution >= 0.6 is 11.6 Å². The standard InChI is InChI=1S/C16H13ClN2O2/c17-12-5-4-8-14(11-12)19-16(21)10-9-15(20)18-13-6-2-1-3-7-13/h1-11H,(H,18,20)(H,19,21)/b10-9-. The molecule has 2 aromatic rings. The van der Waals surface area contributed by atoms with Crippen LogP contribution in [0, 0.1) is 0 Å². The van der Waals surface area contributed by atoms with Crippen molar-refractivity contribution in [2.75, 3.05) is 10.6 Å². The van der Waals surface area contributed by atoms with Crippen LogP contribution in [-0.2, 0) is 9.59 Å². The molecular weight excluding hydrogens is 288 g/mol. The van der Waals surface area contributed by atoms with Gasteiger partial charge in [-0.15, -0.1) is 0 Å². The lowest BCUT2D eigenvalue weighted by atomic mass is 10.3. The molecule has 2 amide bonds. The Labute approximate surface area is 127 Å². The number of nitrogens with one attached hydrogen (secondary N) is 2. The van der Waals surface area contributed by atoms with Crippen molar-refractivity contribution in [2.45, 2.75) is 0 Å². The maximum absolute atomic E-state index is 11.7. The van der Waals surface area contributed by atoms with Crippen LogP contribution in [0.3, 0.4) is 0 Å². The summed E-state index contributed by atoms with van der Waals surface area (Å²) >= 11 is 5.81. The van der Waals surface area contributed by atoms with Crippen molar-refractivity contribution < 1.29 is 9.59 Å². The van der Waals surface area contributed by atoms with Crippen molar-refractivity contribution in [1.29, 1.82) is 0 Å². The van der Waals surface area contributed by atoms with Gasteiger partial charge in [-0.25, -0.2) is 0 Å². The van der Waals surface area contributed by atoms with Crippen LogP contribution in [0.15, 0.2) is 66.7 Å². The van der Waals surface area contributed by atoms with Gasteiger partial charge in [0, 0.05) is 28.5 Å². The fraction of sp³-hybridized carbons (Fsp3) is 0. The molecule has 0 fully saturated rings. The predicted octanol–water partition coefficient (Wildman–Crippen LogP) is 3.47. The molecule has 0 aliphatic heterocycles. The minimum Gasteiger partial charge on any atom is -0.323 e. The quantitative estimate of drug-likeness (QED) is 0.849. The van der Waals surface area contributed by atoms with Gasteiger partial charge in [0.2, 0.25) is 11.8 Å². The summed E-state index contributed by atoms with van der Waals surface area (Å²) in [6.45, 7) is 0. The molecule has 2 N–H and O–H groups in total. The minimum atomic E-state index is -0.402. The number of hydrogen-bond acceptors (Lipinski definition) is 2. The van der Waals surface area contributed by atoms with Crippen molar-refractivity contribution in [3.63, 3.8) is 0 Å². The number of carbonyl (C=O) groups excluding carboxylic acids is 2. The third-order valence-corrected chi connectivity index (χ3v) is 2.75. The van der Waals surface area contributed by atoms with Crippen LogP contribution < -0.4 is 10.6 Å². The Bertz CT molecular complexity index is 669. The van der Waals surface area contributed by atoms with E-state index in [1.807, 2.05) is 18.2 Å². The molecule has 0 unspecified atom stereocenters. The van der Waals surface area contributed by atoms with Gasteiger partial charge < -0.3 is 10.6 Å². The number of para-hydroxylation sites is 1. The third-order valence-electron chi connectivity index (χ3n) is 2.52. The third kappa shape index (κ3) is 5.12. The number of amides is 2. The molecule has 0 radical (unpaired) electrons. The molecule has 0 aromatic heterocycles. The molecule has 0 spiro atoms. The molecule has 2 rings (SSSR count). The van der Waals surface area contributed by atoms with E-state index in [0.29, 0.717) is 16.4 Å². The molecule has 0 bridgehead atoms. The number of benzene rings is 2. The van der Waals surface area contributed by atoms with Gasteiger partial charge in [-0.3, -0.25) is 9.59 Å². The van der Waals surface area contributed by atoms with Gasteiger partial charge in [0.1, 0.15) is 0 Å². The fourth-order valence-electron chi connectivity index (χ4n) is 1.61. The second kappa shape index (κ2) is 7.26. The molecule has 106 valence electrons. The van der Waals surface area contributed by atoms with Crippen LogP contribution in [-0.4, -0.2) is 11.8 Å². The van der Waals surface area contributed by atoms with Crippen molar-refractivity contribution in [3.05, 3.63) is 71.8 Å². The Hall–Kier alpha value is -2.59. The van der Waals surface area contributed by atoms with Gasteiger partial charge in [0.15, 0.2) is 0 Å². The monoisotopic (exact) mass is 300 g/mol. The summed E-state index contributed by atoms with van der Waals surface area (Å²) in [6.07, 6.45) is 2.34. The number of halogens is 1. The molecule has 0 aliphatic carbocycles. The van der Waals surface area contributed by atoms with Crippen LogP contribution in [0.2, 0.25) is 5.02 Å². The average Bonchev–Trinajstić information content (AvgIpc) is 2.46. The van der Waals surface area contributed by atoms with Crippen molar-refractivity contribution in [2.24, 2.45) is 0 Å². The molecule has 0 saturated heterocycles. The lowest BCUT2D eigenvalue weighted by molar-refractivity contribution is -0.114. The van der Waals surface area contributed by atoms with Gasteiger partial charge in [0.05, 0.1) is 0 Å². The highest BCUT2D eigenvalue weighted by molar-refractivity contribution is 6.30. The first-order valence-corrected chi connectivity index (χ1v) is 6.62. The first kappa shape index (κ1) is 14.8. The van der Waals surface area contributed by atoms with Gasteiger partial charge in [0.25, 0.3) is 0 Å². The minimum absolute atomic E-state index is 0.373. The molecule has 2 aromatic carbocycles. The van der Waals surface area contributed by atoms with E-state index in [0.717, 1.165) is 0 Å². The van der Waals surface area contributed by atoms with Crippen molar-refractivity contribution in [3.8, 4) is 0 Å². The topological polar surface area (TPSA) is 58.2 Å². The predicted molar refractivity (Wildman–Crippen MR) is 84.3 cm³/mol. The maximum atomic E-state index is 11.7. The molecule has 0 saturated carbocycles. The summed E-state index contributed by atoms with van der Waals surface area (Å²) in [5.41, 5.74) is 1.24. The SMILES string of the molecule is O=C(/C=C\C(=O)Nc1cccc(Cl)c1)Nc1ccccc1. The molecule has 0 heterocycles. The Morgan fingerprint density at radius 2 is 1.38 bits per heavy atom. The van der Waals surface area contributed by atoms with Crippen LogP contribution in [0.5, 0.6) is 0 Å². The summed E-state index contributed by atoms with van der Waals surface area (Å²) in [7, 11) is 0. The average molecular weight is 301 g/mol. The smallest absolute Gasteiger partial charge is 0.248 e. The second-order valence-electron chi connectivity index (χ2n) is 4.19. The molecule has 5 heteroatoms. The lowest BCUT2D eigenvalue weighted by Crippen LogP contribution is -2.11. The highest BCUT2D eigenvalue weighted by Crippen LogP contribution is 2.14. The number of hydrogen-bond donors (Lipinski definition) is 2. The van der Waals surface area contributed by atoms with E-state index in [1.165, 1.54) is 12.2 Å². The Balaban J connectivity index is 1.88. The Morgan fingerprint density at radius 1 is 0.810 bits per heavy atom. The highest BCUT2D eigenvalue weighted by Gasteiger charge is 2.01. The van der Waals surface area contributed by atoms with E-state index < -0.39 is 5.91 Å². The van der Waals surface area contributed by atoms with E-state index >= 15 is 0 Å². The molecule has 0 atom stereocenters. The van der Waals surface area contributed by atoms with Crippen LogP contribution in [0.1, 0.15) is 0 Å². The van der Waals surface area contributed by atoms with Gasteiger partial charge >= 0.3 is 0 Å². The Kier molecular flexibility index (Phi) is 5.12. The van der Waals surface area contributed by atoms with Crippen LogP contribution in [0.25, 0.3) is 0 Å². The molecular formula is C16H13ClN2O2. The van der Waals surface area contributed by atoms with Crippen molar-refractivity contribution >= 4 is 34.8 Å². The number of rotatable bonds is 4. The number of anilines is 2. The number of carbonyl (C=O) groups is 2. The lowest BCUT2D eigenvalue weighted by Gasteiger charge is -2.02. The molecule has 4 nitrogen and oxygen atoms in total. The van der Waals surface area contributed by atoms with Crippen molar-refractivity contribution in [1.82, 2.24) is 0 Å². The summed E-state index contributed by atoms with van der Waals surface area (Å²) in [4.78, 5) is 23.3. The largest absolute Gasteiger partial charge is 0.323 e. The van der Waals surface area contributed by atoms with E-state index in [1.54, 1.807) is 36.4 Å². The fourth-order valence-corrected chi connectivity index (χ4v) is 1.80. The zero-order chi connectivity index (χ0) is 15.1. The normalized spacial score (nSPS) is 10.3. The first-order chi connectivity index (χ1) is 10.1. The van der Waals surface area contributed by atoms with E-state index in [4.69, 9.17) is 11.6 Å². The van der Waals surface area contributed by atoms with E-state index in [2.05, 4.69) is 10.6 Å². The van der Waals surface area contributed by atoms with E-state index in [9.17, 15) is 9.59 Å². The highest BCUT2D eigenvalue weighted by atomic mass is 35.5. The zero-order valence-electron chi connectivity index (χ0n) is 11.0. The molecule has 0 aliphatic rings. The summed E-state index contributed by atoms with van der Waals surface area (Å²) in [5, 5.41) is 5.78. The summed E-state index contributed by atoms with van der Waals surface area (Å²) < 4.78 is 0. The van der Waals surface area contributed by atoms with Gasteiger partial charge in [-0.05, 0) is 30.3 Å². The van der Waals surface area contributed by atoms with Gasteiger partial charge in [-0.2, -0.15) is 0 Å². The second-order valence-corrected chi connectivity index (χ2v) is 4.62. The maximum Gasteiger partial charge on any atom is 0.248 e. The summed E-state index contributed by atoms with van der Waals surface area (Å²) in [5.74, 6) is -0.775.